The molecular weight excluding hydrogens is 437 g/mol. The highest BCUT2D eigenvalue weighted by molar-refractivity contribution is 6.36. The molecule has 2 aromatic carbocycles. The van der Waals surface area contributed by atoms with E-state index in [1.807, 2.05) is 31.2 Å². The standard InChI is InChI=1S/C22H23Cl2N5O2/c1-13(20-26-18-4-2-3-5-19(18)27-20)25-22(31)29-10-8-14(9-11-29)21(30)28-17-7-6-15(23)12-16(17)24/h2-7,12-14H,8-11H2,1H3,(H,25,31)(H,26,27)(H,28,30). The molecule has 162 valence electrons. The minimum absolute atomic E-state index is 0.0973. The Kier molecular flexibility index (Phi) is 6.34. The number of H-pyrrole nitrogens is 1. The molecule has 1 aliphatic rings. The van der Waals surface area contributed by atoms with Gasteiger partial charge in [0.15, 0.2) is 0 Å². The normalized spacial score (nSPS) is 15.6. The highest BCUT2D eigenvalue weighted by atomic mass is 35.5. The number of hydrogen-bond donors (Lipinski definition) is 3. The van der Waals surface area contributed by atoms with E-state index < -0.39 is 0 Å². The molecule has 3 amide bonds. The number of carbonyl (C=O) groups excluding carboxylic acids is 2. The second-order valence-corrected chi connectivity index (χ2v) is 8.53. The number of aromatic amines is 1. The minimum atomic E-state index is -0.257. The number of para-hydroxylation sites is 2. The molecule has 0 saturated carbocycles. The van der Waals surface area contributed by atoms with Crippen molar-refractivity contribution >= 4 is 51.9 Å². The van der Waals surface area contributed by atoms with Gasteiger partial charge in [-0.2, -0.15) is 0 Å². The second-order valence-electron chi connectivity index (χ2n) is 7.69. The van der Waals surface area contributed by atoms with Crippen LogP contribution in [-0.2, 0) is 4.79 Å². The molecule has 3 N–H and O–H groups in total. The lowest BCUT2D eigenvalue weighted by atomic mass is 9.96. The fourth-order valence-corrected chi connectivity index (χ4v) is 4.15. The number of nitrogens with one attached hydrogen (secondary N) is 3. The first-order valence-corrected chi connectivity index (χ1v) is 10.9. The molecular formula is C22H23Cl2N5O2. The smallest absolute Gasteiger partial charge is 0.317 e. The maximum atomic E-state index is 12.7. The Morgan fingerprint density at radius 3 is 2.61 bits per heavy atom. The number of benzene rings is 2. The molecule has 2 heterocycles. The van der Waals surface area contributed by atoms with Crippen molar-refractivity contribution < 1.29 is 9.59 Å². The Bertz CT molecular complexity index is 1080. The number of nitrogens with zero attached hydrogens (tertiary/aromatic N) is 2. The van der Waals surface area contributed by atoms with E-state index in [-0.39, 0.29) is 23.9 Å². The van der Waals surface area contributed by atoms with Crippen LogP contribution in [0, 0.1) is 5.92 Å². The van der Waals surface area contributed by atoms with Gasteiger partial charge in [-0.1, -0.05) is 35.3 Å². The average molecular weight is 460 g/mol. The number of likely N-dealkylation sites (tertiary alicyclic amines) is 1. The van der Waals surface area contributed by atoms with Crippen LogP contribution in [0.15, 0.2) is 42.5 Å². The maximum Gasteiger partial charge on any atom is 0.317 e. The summed E-state index contributed by atoms with van der Waals surface area (Å²) >= 11 is 12.0. The number of amides is 3. The SMILES string of the molecule is CC(NC(=O)N1CCC(C(=O)Nc2ccc(Cl)cc2Cl)CC1)c1nc2ccccc2[nH]1. The summed E-state index contributed by atoms with van der Waals surface area (Å²) in [7, 11) is 0. The predicted octanol–water partition coefficient (Wildman–Crippen LogP) is 4.99. The average Bonchev–Trinajstić information content (AvgIpc) is 3.20. The lowest BCUT2D eigenvalue weighted by Crippen LogP contribution is -2.46. The number of piperidine rings is 1. The molecule has 1 aromatic heterocycles. The molecule has 0 spiro atoms. The monoisotopic (exact) mass is 459 g/mol. The number of carbonyl (C=O) groups is 2. The summed E-state index contributed by atoms with van der Waals surface area (Å²) in [5.41, 5.74) is 2.34. The number of imidazole rings is 1. The molecule has 1 fully saturated rings. The Labute approximate surface area is 190 Å². The van der Waals surface area contributed by atoms with Gasteiger partial charge in [0.2, 0.25) is 5.91 Å². The highest BCUT2D eigenvalue weighted by Gasteiger charge is 2.28. The maximum absolute atomic E-state index is 12.7. The third-order valence-corrected chi connectivity index (χ3v) is 6.05. The number of fused-ring (bicyclic) bond motifs is 1. The zero-order chi connectivity index (χ0) is 22.0. The predicted molar refractivity (Wildman–Crippen MR) is 122 cm³/mol. The summed E-state index contributed by atoms with van der Waals surface area (Å²) in [6.45, 7) is 2.90. The molecule has 0 bridgehead atoms. The summed E-state index contributed by atoms with van der Waals surface area (Å²) in [5, 5.41) is 6.76. The fourth-order valence-electron chi connectivity index (χ4n) is 3.69. The van der Waals surface area contributed by atoms with Gasteiger partial charge < -0.3 is 20.5 Å². The van der Waals surface area contributed by atoms with E-state index >= 15 is 0 Å². The van der Waals surface area contributed by atoms with Crippen LogP contribution in [-0.4, -0.2) is 39.9 Å². The lowest BCUT2D eigenvalue weighted by molar-refractivity contribution is -0.121. The molecule has 9 heteroatoms. The number of urea groups is 1. The van der Waals surface area contributed by atoms with E-state index in [1.165, 1.54) is 0 Å². The van der Waals surface area contributed by atoms with Crippen LogP contribution >= 0.6 is 23.2 Å². The van der Waals surface area contributed by atoms with E-state index in [9.17, 15) is 9.59 Å². The van der Waals surface area contributed by atoms with E-state index in [0.29, 0.717) is 47.5 Å². The van der Waals surface area contributed by atoms with Crippen molar-refractivity contribution in [3.8, 4) is 0 Å². The van der Waals surface area contributed by atoms with Gasteiger partial charge >= 0.3 is 6.03 Å². The molecule has 0 radical (unpaired) electrons. The third-order valence-electron chi connectivity index (χ3n) is 5.50. The van der Waals surface area contributed by atoms with Crippen LogP contribution in [0.5, 0.6) is 0 Å². The number of aromatic nitrogens is 2. The van der Waals surface area contributed by atoms with Crippen LogP contribution in [0.25, 0.3) is 11.0 Å². The van der Waals surface area contributed by atoms with Crippen LogP contribution < -0.4 is 10.6 Å². The van der Waals surface area contributed by atoms with Gasteiger partial charge in [-0.15, -0.1) is 0 Å². The molecule has 4 rings (SSSR count). The van der Waals surface area contributed by atoms with E-state index in [4.69, 9.17) is 23.2 Å². The van der Waals surface area contributed by atoms with Gasteiger partial charge in [-0.3, -0.25) is 4.79 Å². The van der Waals surface area contributed by atoms with Crippen molar-refractivity contribution in [2.45, 2.75) is 25.8 Å². The number of rotatable bonds is 4. The van der Waals surface area contributed by atoms with Crippen molar-refractivity contribution in [1.82, 2.24) is 20.2 Å². The quantitative estimate of drug-likeness (QED) is 0.513. The van der Waals surface area contributed by atoms with Crippen molar-refractivity contribution in [2.75, 3.05) is 18.4 Å². The molecule has 1 unspecified atom stereocenters. The third kappa shape index (κ3) is 4.94. The van der Waals surface area contributed by atoms with Crippen LogP contribution in [0.4, 0.5) is 10.5 Å². The largest absolute Gasteiger partial charge is 0.340 e. The first kappa shape index (κ1) is 21.5. The Hall–Kier alpha value is -2.77. The topological polar surface area (TPSA) is 90.1 Å². The summed E-state index contributed by atoms with van der Waals surface area (Å²) in [6.07, 6.45) is 1.17. The van der Waals surface area contributed by atoms with Gasteiger partial charge in [-0.25, -0.2) is 9.78 Å². The van der Waals surface area contributed by atoms with Crippen molar-refractivity contribution in [3.63, 3.8) is 0 Å². The zero-order valence-electron chi connectivity index (χ0n) is 17.0. The number of halogens is 2. The molecule has 1 aliphatic heterocycles. The van der Waals surface area contributed by atoms with E-state index in [2.05, 4.69) is 20.6 Å². The molecule has 0 aliphatic carbocycles. The van der Waals surface area contributed by atoms with Crippen LogP contribution in [0.2, 0.25) is 10.0 Å². The van der Waals surface area contributed by atoms with Crippen molar-refractivity contribution in [1.29, 1.82) is 0 Å². The molecule has 1 atom stereocenters. The highest BCUT2D eigenvalue weighted by Crippen LogP contribution is 2.27. The zero-order valence-corrected chi connectivity index (χ0v) is 18.5. The summed E-state index contributed by atoms with van der Waals surface area (Å²) in [6, 6.07) is 12.3. The Morgan fingerprint density at radius 1 is 1.16 bits per heavy atom. The van der Waals surface area contributed by atoms with E-state index in [1.54, 1.807) is 23.1 Å². The van der Waals surface area contributed by atoms with Crippen molar-refractivity contribution in [3.05, 3.63) is 58.3 Å². The fraction of sp³-hybridized carbons (Fsp3) is 0.318. The molecule has 31 heavy (non-hydrogen) atoms. The lowest BCUT2D eigenvalue weighted by Gasteiger charge is -2.32. The molecule has 3 aromatic rings. The Balaban J connectivity index is 1.29. The summed E-state index contributed by atoms with van der Waals surface area (Å²) in [5.74, 6) is 0.437. The second kappa shape index (κ2) is 9.16. The van der Waals surface area contributed by atoms with Crippen LogP contribution in [0.3, 0.4) is 0 Å². The minimum Gasteiger partial charge on any atom is -0.340 e. The summed E-state index contributed by atoms with van der Waals surface area (Å²) in [4.78, 5) is 34.8. The first-order valence-electron chi connectivity index (χ1n) is 10.2. The van der Waals surface area contributed by atoms with E-state index in [0.717, 1.165) is 11.0 Å². The van der Waals surface area contributed by atoms with Gasteiger partial charge in [0.05, 0.1) is 27.8 Å². The number of hydrogen-bond acceptors (Lipinski definition) is 3. The van der Waals surface area contributed by atoms with Crippen LogP contribution in [0.1, 0.15) is 31.6 Å². The Morgan fingerprint density at radius 2 is 1.90 bits per heavy atom. The van der Waals surface area contributed by atoms with Gasteiger partial charge in [0, 0.05) is 24.0 Å². The van der Waals surface area contributed by atoms with Gasteiger partial charge in [-0.05, 0) is 50.1 Å². The molecule has 1 saturated heterocycles. The van der Waals surface area contributed by atoms with Gasteiger partial charge in [0.25, 0.3) is 0 Å². The summed E-state index contributed by atoms with van der Waals surface area (Å²) < 4.78 is 0. The van der Waals surface area contributed by atoms with Crippen molar-refractivity contribution in [2.24, 2.45) is 5.92 Å². The number of anilines is 1. The van der Waals surface area contributed by atoms with Gasteiger partial charge in [0.1, 0.15) is 5.82 Å². The first-order chi connectivity index (χ1) is 14.9. The molecule has 7 nitrogen and oxygen atoms in total.